The van der Waals surface area contributed by atoms with Crippen LogP contribution in [0.2, 0.25) is 0 Å². The summed E-state index contributed by atoms with van der Waals surface area (Å²) in [6, 6.07) is 13.7. The smallest absolute Gasteiger partial charge is 0.255 e. The van der Waals surface area contributed by atoms with Crippen LogP contribution in [-0.4, -0.2) is 25.0 Å². The molecule has 0 unspecified atom stereocenters. The van der Waals surface area contributed by atoms with Crippen molar-refractivity contribution in [1.82, 2.24) is 5.32 Å². The van der Waals surface area contributed by atoms with E-state index in [9.17, 15) is 9.59 Å². The number of hydrogen-bond donors (Lipinski definition) is 2. The summed E-state index contributed by atoms with van der Waals surface area (Å²) in [6.07, 6.45) is 0.0779. The topological polar surface area (TPSA) is 67.4 Å². The van der Waals surface area contributed by atoms with Crippen LogP contribution in [0.3, 0.4) is 0 Å². The molecule has 2 rings (SSSR count). The van der Waals surface area contributed by atoms with Gasteiger partial charge >= 0.3 is 0 Å². The highest BCUT2D eigenvalue weighted by Crippen LogP contribution is 2.18. The third-order valence-corrected chi connectivity index (χ3v) is 3.14. The van der Waals surface area contributed by atoms with Gasteiger partial charge in [0.05, 0.1) is 17.4 Å². The van der Waals surface area contributed by atoms with Crippen molar-refractivity contribution in [2.24, 2.45) is 0 Å². The number of benzene rings is 2. The van der Waals surface area contributed by atoms with Crippen LogP contribution in [0.5, 0.6) is 5.75 Å². The molecular formula is C18H20N2O3. The van der Waals surface area contributed by atoms with Gasteiger partial charge in [0.15, 0.2) is 0 Å². The molecule has 2 amide bonds. The molecule has 120 valence electrons. The molecule has 23 heavy (non-hydrogen) atoms. The van der Waals surface area contributed by atoms with Gasteiger partial charge in [-0.1, -0.05) is 12.1 Å². The molecule has 0 aliphatic heterocycles. The number of hydrogen-bond acceptors (Lipinski definition) is 3. The molecule has 0 atom stereocenters. The van der Waals surface area contributed by atoms with E-state index in [0.29, 0.717) is 22.6 Å². The number of ether oxygens (including phenoxy) is 1. The summed E-state index contributed by atoms with van der Waals surface area (Å²) in [4.78, 5) is 24.1. The number of amides is 2. The van der Waals surface area contributed by atoms with Gasteiger partial charge in [0.2, 0.25) is 0 Å². The maximum absolute atomic E-state index is 12.3. The van der Waals surface area contributed by atoms with E-state index in [1.165, 1.54) is 0 Å². The Morgan fingerprint density at radius 1 is 0.957 bits per heavy atom. The van der Waals surface area contributed by atoms with Gasteiger partial charge in [-0.05, 0) is 50.2 Å². The maximum Gasteiger partial charge on any atom is 0.255 e. The average Bonchev–Trinajstić information content (AvgIpc) is 2.54. The lowest BCUT2D eigenvalue weighted by atomic mass is 10.1. The van der Waals surface area contributed by atoms with E-state index in [4.69, 9.17) is 4.74 Å². The quantitative estimate of drug-likeness (QED) is 0.891. The molecule has 0 spiro atoms. The van der Waals surface area contributed by atoms with Gasteiger partial charge in [0, 0.05) is 12.6 Å². The second-order valence-corrected chi connectivity index (χ2v) is 5.27. The van der Waals surface area contributed by atoms with Crippen LogP contribution in [0.1, 0.15) is 34.6 Å². The highest BCUT2D eigenvalue weighted by Gasteiger charge is 2.13. The largest absolute Gasteiger partial charge is 0.491 e. The maximum atomic E-state index is 12.3. The van der Waals surface area contributed by atoms with Crippen LogP contribution in [0.4, 0.5) is 5.69 Å². The van der Waals surface area contributed by atoms with Gasteiger partial charge in [-0.3, -0.25) is 9.59 Å². The average molecular weight is 312 g/mol. The van der Waals surface area contributed by atoms with Crippen molar-refractivity contribution in [2.45, 2.75) is 20.0 Å². The van der Waals surface area contributed by atoms with Crippen LogP contribution in [0.15, 0.2) is 48.5 Å². The second-order valence-electron chi connectivity index (χ2n) is 5.27. The summed E-state index contributed by atoms with van der Waals surface area (Å²) < 4.78 is 5.55. The van der Waals surface area contributed by atoms with Gasteiger partial charge < -0.3 is 15.4 Å². The first-order valence-corrected chi connectivity index (χ1v) is 7.40. The molecule has 0 aliphatic rings. The lowest BCUT2D eigenvalue weighted by molar-refractivity contribution is 0.0964. The number of para-hydroxylation sites is 1. The Labute approximate surface area is 135 Å². The van der Waals surface area contributed by atoms with Crippen molar-refractivity contribution in [3.05, 3.63) is 59.7 Å². The van der Waals surface area contributed by atoms with Gasteiger partial charge in [-0.25, -0.2) is 0 Å². The molecule has 0 fully saturated rings. The first kappa shape index (κ1) is 16.5. The van der Waals surface area contributed by atoms with Crippen molar-refractivity contribution < 1.29 is 14.3 Å². The van der Waals surface area contributed by atoms with Gasteiger partial charge in [-0.2, -0.15) is 0 Å². The first-order chi connectivity index (χ1) is 11.0. The van der Waals surface area contributed by atoms with Crippen LogP contribution in [-0.2, 0) is 0 Å². The highest BCUT2D eigenvalue weighted by atomic mass is 16.5. The zero-order valence-electron chi connectivity index (χ0n) is 13.4. The van der Waals surface area contributed by atoms with E-state index in [0.717, 1.165) is 0 Å². The molecule has 0 aliphatic carbocycles. The predicted molar refractivity (Wildman–Crippen MR) is 90.0 cm³/mol. The summed E-state index contributed by atoms with van der Waals surface area (Å²) in [7, 11) is 1.55. The molecule has 0 saturated heterocycles. The van der Waals surface area contributed by atoms with E-state index in [1.807, 2.05) is 13.8 Å². The summed E-state index contributed by atoms with van der Waals surface area (Å²) in [5.41, 5.74) is 1.38. The van der Waals surface area contributed by atoms with Crippen molar-refractivity contribution in [3.8, 4) is 5.75 Å². The first-order valence-electron chi connectivity index (χ1n) is 7.40. The molecule has 2 N–H and O–H groups in total. The van der Waals surface area contributed by atoms with Gasteiger partial charge in [0.1, 0.15) is 5.75 Å². The van der Waals surface area contributed by atoms with Crippen molar-refractivity contribution in [3.63, 3.8) is 0 Å². The van der Waals surface area contributed by atoms with Crippen LogP contribution < -0.4 is 15.4 Å². The third-order valence-electron chi connectivity index (χ3n) is 3.14. The number of anilines is 1. The summed E-state index contributed by atoms with van der Waals surface area (Å²) in [6.45, 7) is 3.88. The molecule has 0 radical (unpaired) electrons. The molecular weight excluding hydrogens is 292 g/mol. The fourth-order valence-electron chi connectivity index (χ4n) is 2.08. The van der Waals surface area contributed by atoms with E-state index in [-0.39, 0.29) is 17.9 Å². The number of carbonyl (C=O) groups is 2. The molecule has 0 aromatic heterocycles. The van der Waals surface area contributed by atoms with Crippen molar-refractivity contribution >= 4 is 17.5 Å². The fourth-order valence-corrected chi connectivity index (χ4v) is 2.08. The lowest BCUT2D eigenvalue weighted by Gasteiger charge is -2.11. The molecule has 2 aromatic rings. The molecule has 5 heteroatoms. The SMILES string of the molecule is CNC(=O)c1ccccc1NC(=O)c1ccc(OC(C)C)cc1. The normalized spacial score (nSPS) is 10.3. The fraction of sp³-hybridized carbons (Fsp3) is 0.222. The summed E-state index contributed by atoms with van der Waals surface area (Å²) in [5, 5.41) is 5.32. The zero-order chi connectivity index (χ0) is 16.8. The van der Waals surface area contributed by atoms with Crippen molar-refractivity contribution in [2.75, 3.05) is 12.4 Å². The van der Waals surface area contributed by atoms with Crippen LogP contribution in [0, 0.1) is 0 Å². The minimum Gasteiger partial charge on any atom is -0.491 e. The monoisotopic (exact) mass is 312 g/mol. The van der Waals surface area contributed by atoms with Crippen LogP contribution >= 0.6 is 0 Å². The highest BCUT2D eigenvalue weighted by molar-refractivity contribution is 6.08. The van der Waals surface area contributed by atoms with E-state index in [2.05, 4.69) is 10.6 Å². The molecule has 5 nitrogen and oxygen atoms in total. The Kier molecular flexibility index (Phi) is 5.36. The predicted octanol–water partition coefficient (Wildman–Crippen LogP) is 3.09. The summed E-state index contributed by atoms with van der Waals surface area (Å²) >= 11 is 0. The zero-order valence-corrected chi connectivity index (χ0v) is 13.4. The lowest BCUT2D eigenvalue weighted by Crippen LogP contribution is -2.21. The Bertz CT molecular complexity index is 694. The van der Waals surface area contributed by atoms with Crippen molar-refractivity contribution in [1.29, 1.82) is 0 Å². The Morgan fingerprint density at radius 2 is 1.61 bits per heavy atom. The van der Waals surface area contributed by atoms with E-state index < -0.39 is 0 Å². The minimum absolute atomic E-state index is 0.0779. The third kappa shape index (κ3) is 4.32. The molecule has 0 saturated carbocycles. The van der Waals surface area contributed by atoms with Gasteiger partial charge in [0.25, 0.3) is 11.8 Å². The van der Waals surface area contributed by atoms with Crippen LogP contribution in [0.25, 0.3) is 0 Å². The van der Waals surface area contributed by atoms with E-state index in [1.54, 1.807) is 55.6 Å². The standard InChI is InChI=1S/C18H20N2O3/c1-12(2)23-14-10-8-13(9-11-14)17(21)20-16-7-5-4-6-15(16)18(22)19-3/h4-12H,1-3H3,(H,19,22)(H,20,21). The Hall–Kier alpha value is -2.82. The van der Waals surface area contributed by atoms with E-state index >= 15 is 0 Å². The molecule has 0 bridgehead atoms. The number of nitrogens with one attached hydrogen (secondary N) is 2. The molecule has 2 aromatic carbocycles. The Morgan fingerprint density at radius 3 is 2.22 bits per heavy atom. The number of rotatable bonds is 5. The van der Waals surface area contributed by atoms with Gasteiger partial charge in [-0.15, -0.1) is 0 Å². The second kappa shape index (κ2) is 7.45. The summed E-state index contributed by atoms with van der Waals surface area (Å²) in [5.74, 6) is 0.182. The minimum atomic E-state index is -0.280. The number of carbonyl (C=O) groups excluding carboxylic acids is 2. The Balaban J connectivity index is 2.15. The molecule has 0 heterocycles.